The highest BCUT2D eigenvalue weighted by Crippen LogP contribution is 2.34. The fourth-order valence-corrected chi connectivity index (χ4v) is 4.68. The van der Waals surface area contributed by atoms with E-state index in [9.17, 15) is 9.59 Å². The van der Waals surface area contributed by atoms with Crippen LogP contribution in [-0.4, -0.2) is 47.9 Å². The molecule has 1 aliphatic rings. The smallest absolute Gasteiger partial charge is 0.242 e. The summed E-state index contributed by atoms with van der Waals surface area (Å²) in [6, 6.07) is 9.94. The summed E-state index contributed by atoms with van der Waals surface area (Å²) in [4.78, 5) is 30.3. The van der Waals surface area contributed by atoms with Crippen molar-refractivity contribution in [1.82, 2.24) is 9.80 Å². The van der Waals surface area contributed by atoms with Crippen LogP contribution in [0.1, 0.15) is 49.2 Å². The highest BCUT2D eigenvalue weighted by atomic mass is 32.1. The molecule has 162 valence electrons. The first-order valence-electron chi connectivity index (χ1n) is 10.7. The van der Waals surface area contributed by atoms with Crippen LogP contribution in [0, 0.1) is 12.8 Å². The van der Waals surface area contributed by atoms with Crippen LogP contribution >= 0.6 is 11.3 Å². The number of rotatable bonds is 8. The van der Waals surface area contributed by atoms with Crippen LogP contribution in [0.4, 0.5) is 0 Å². The van der Waals surface area contributed by atoms with E-state index in [0.717, 1.165) is 18.6 Å². The highest BCUT2D eigenvalue weighted by molar-refractivity contribution is 7.10. The summed E-state index contributed by atoms with van der Waals surface area (Å²) in [5.74, 6) is 1.11. The van der Waals surface area contributed by atoms with E-state index in [2.05, 4.69) is 25.3 Å². The van der Waals surface area contributed by atoms with Crippen molar-refractivity contribution in [3.63, 3.8) is 0 Å². The van der Waals surface area contributed by atoms with Gasteiger partial charge in [0.25, 0.3) is 0 Å². The van der Waals surface area contributed by atoms with E-state index in [-0.39, 0.29) is 24.4 Å². The van der Waals surface area contributed by atoms with Gasteiger partial charge >= 0.3 is 0 Å². The molecule has 0 saturated carbocycles. The predicted molar refractivity (Wildman–Crippen MR) is 121 cm³/mol. The number of hydrogen-bond donors (Lipinski definition) is 0. The van der Waals surface area contributed by atoms with Gasteiger partial charge in [-0.15, -0.1) is 11.3 Å². The van der Waals surface area contributed by atoms with Crippen molar-refractivity contribution in [2.24, 2.45) is 5.92 Å². The van der Waals surface area contributed by atoms with Gasteiger partial charge in [-0.25, -0.2) is 0 Å². The van der Waals surface area contributed by atoms with Crippen molar-refractivity contribution >= 4 is 23.2 Å². The maximum Gasteiger partial charge on any atom is 0.242 e. The summed E-state index contributed by atoms with van der Waals surface area (Å²) in [5, 5.41) is 2.09. The molecule has 0 saturated heterocycles. The Labute approximate surface area is 183 Å². The third kappa shape index (κ3) is 5.42. The molecule has 0 N–H and O–H groups in total. The molecule has 2 atom stereocenters. The van der Waals surface area contributed by atoms with Crippen molar-refractivity contribution in [3.8, 4) is 5.75 Å². The van der Waals surface area contributed by atoms with Gasteiger partial charge in [-0.2, -0.15) is 0 Å². The SMILES string of the molecule is CC[C@@H](C)CN(CC(=O)N1CCc2sccc2[C@@H]1COc1ccc(C)cc1)C(C)=O. The van der Waals surface area contributed by atoms with Crippen LogP contribution in [0.3, 0.4) is 0 Å². The Kier molecular flexibility index (Phi) is 7.53. The van der Waals surface area contributed by atoms with Crippen LogP contribution in [-0.2, 0) is 16.0 Å². The minimum absolute atomic E-state index is 0.0112. The molecule has 0 spiro atoms. The second-order valence-electron chi connectivity index (χ2n) is 8.19. The van der Waals surface area contributed by atoms with E-state index in [1.54, 1.807) is 23.2 Å². The third-order valence-electron chi connectivity index (χ3n) is 5.84. The number of thiophene rings is 1. The van der Waals surface area contributed by atoms with Gasteiger partial charge in [0.15, 0.2) is 0 Å². The van der Waals surface area contributed by atoms with Crippen LogP contribution in [0.25, 0.3) is 0 Å². The van der Waals surface area contributed by atoms with Crippen molar-refractivity contribution < 1.29 is 14.3 Å². The number of carbonyl (C=O) groups is 2. The van der Waals surface area contributed by atoms with Gasteiger partial charge in [-0.1, -0.05) is 38.0 Å². The van der Waals surface area contributed by atoms with Gasteiger partial charge in [-0.3, -0.25) is 9.59 Å². The number of nitrogens with zero attached hydrogens (tertiary/aromatic N) is 2. The van der Waals surface area contributed by atoms with Gasteiger partial charge in [0.05, 0.1) is 12.6 Å². The molecule has 0 fully saturated rings. The molecule has 6 heteroatoms. The Morgan fingerprint density at radius 2 is 2.00 bits per heavy atom. The molecule has 3 rings (SSSR count). The lowest BCUT2D eigenvalue weighted by Gasteiger charge is -2.37. The molecule has 0 bridgehead atoms. The first-order chi connectivity index (χ1) is 14.4. The maximum atomic E-state index is 13.3. The Balaban J connectivity index is 1.74. The number of aryl methyl sites for hydroxylation is 1. The molecule has 1 aromatic heterocycles. The Bertz CT molecular complexity index is 862. The molecule has 30 heavy (non-hydrogen) atoms. The van der Waals surface area contributed by atoms with Crippen molar-refractivity contribution in [2.75, 3.05) is 26.2 Å². The normalized spacial score (nSPS) is 16.7. The topological polar surface area (TPSA) is 49.9 Å². The number of hydrogen-bond acceptors (Lipinski definition) is 4. The van der Waals surface area contributed by atoms with E-state index < -0.39 is 0 Å². The van der Waals surface area contributed by atoms with Crippen molar-refractivity contribution in [1.29, 1.82) is 0 Å². The zero-order valence-corrected chi connectivity index (χ0v) is 19.2. The van der Waals surface area contributed by atoms with Crippen LogP contribution in [0.2, 0.25) is 0 Å². The lowest BCUT2D eigenvalue weighted by Crippen LogP contribution is -2.48. The van der Waals surface area contributed by atoms with Gasteiger partial charge in [0, 0.05) is 24.9 Å². The lowest BCUT2D eigenvalue weighted by atomic mass is 10.00. The lowest BCUT2D eigenvalue weighted by molar-refractivity contribution is -0.142. The second kappa shape index (κ2) is 10.1. The fourth-order valence-electron chi connectivity index (χ4n) is 3.75. The molecule has 2 heterocycles. The van der Waals surface area contributed by atoms with E-state index >= 15 is 0 Å². The first-order valence-corrected chi connectivity index (χ1v) is 11.6. The number of benzene rings is 1. The summed E-state index contributed by atoms with van der Waals surface area (Å²) < 4.78 is 6.07. The van der Waals surface area contributed by atoms with Crippen molar-refractivity contribution in [2.45, 2.75) is 46.6 Å². The molecule has 2 aromatic rings. The monoisotopic (exact) mass is 428 g/mol. The maximum absolute atomic E-state index is 13.3. The first kappa shape index (κ1) is 22.3. The zero-order valence-electron chi connectivity index (χ0n) is 18.4. The quantitative estimate of drug-likeness (QED) is 0.624. The number of carbonyl (C=O) groups excluding carboxylic acids is 2. The Hall–Kier alpha value is -2.34. The van der Waals surface area contributed by atoms with Gasteiger partial charge in [0.1, 0.15) is 12.4 Å². The summed E-state index contributed by atoms with van der Waals surface area (Å²) in [6.45, 7) is 9.60. The number of amides is 2. The molecule has 0 unspecified atom stereocenters. The molecule has 0 aliphatic carbocycles. The van der Waals surface area contributed by atoms with Gasteiger partial charge in [0.2, 0.25) is 11.8 Å². The fraction of sp³-hybridized carbons (Fsp3) is 0.500. The van der Waals surface area contributed by atoms with E-state index in [4.69, 9.17) is 4.74 Å². The van der Waals surface area contributed by atoms with Gasteiger partial charge < -0.3 is 14.5 Å². The number of ether oxygens (including phenoxy) is 1. The molecule has 5 nitrogen and oxygen atoms in total. The van der Waals surface area contributed by atoms with E-state index in [1.165, 1.54) is 16.0 Å². The van der Waals surface area contributed by atoms with Crippen LogP contribution < -0.4 is 4.74 Å². The minimum atomic E-state index is -0.133. The van der Waals surface area contributed by atoms with Crippen LogP contribution in [0.5, 0.6) is 5.75 Å². The van der Waals surface area contributed by atoms with E-state index in [1.807, 2.05) is 36.1 Å². The Morgan fingerprint density at radius 3 is 2.67 bits per heavy atom. The standard InChI is InChI=1S/C24H32N2O3S/c1-5-17(2)14-25(19(4)27)15-24(28)26-12-10-23-21(11-13-30-23)22(26)16-29-20-8-6-18(3)7-9-20/h6-9,11,13,17,22H,5,10,12,14-16H2,1-4H3/t17-,22+/m1/s1. The zero-order chi connectivity index (χ0) is 21.7. The average Bonchev–Trinajstić information content (AvgIpc) is 3.21. The summed E-state index contributed by atoms with van der Waals surface area (Å²) in [5.41, 5.74) is 2.35. The molecular formula is C24H32N2O3S. The molecule has 1 aromatic carbocycles. The third-order valence-corrected chi connectivity index (χ3v) is 6.84. The summed E-state index contributed by atoms with van der Waals surface area (Å²) in [7, 11) is 0. The molecular weight excluding hydrogens is 396 g/mol. The summed E-state index contributed by atoms with van der Waals surface area (Å²) in [6.07, 6.45) is 1.83. The molecule has 0 radical (unpaired) electrons. The molecule has 2 amide bonds. The molecule has 1 aliphatic heterocycles. The summed E-state index contributed by atoms with van der Waals surface area (Å²) >= 11 is 1.74. The second-order valence-corrected chi connectivity index (χ2v) is 9.19. The van der Waals surface area contributed by atoms with Crippen molar-refractivity contribution in [3.05, 3.63) is 51.7 Å². The predicted octanol–water partition coefficient (Wildman–Crippen LogP) is 4.46. The van der Waals surface area contributed by atoms with Gasteiger partial charge in [-0.05, 0) is 48.4 Å². The average molecular weight is 429 g/mol. The largest absolute Gasteiger partial charge is 0.491 e. The minimum Gasteiger partial charge on any atom is -0.491 e. The van der Waals surface area contributed by atoms with E-state index in [0.29, 0.717) is 25.6 Å². The van der Waals surface area contributed by atoms with Crippen LogP contribution in [0.15, 0.2) is 35.7 Å². The highest BCUT2D eigenvalue weighted by Gasteiger charge is 2.33. The number of fused-ring (bicyclic) bond motifs is 1. The Morgan fingerprint density at radius 1 is 1.27 bits per heavy atom.